The number of carboxylic acids is 1. The van der Waals surface area contributed by atoms with Crippen LogP contribution < -0.4 is 11.1 Å². The molecule has 0 saturated heterocycles. The van der Waals surface area contributed by atoms with Crippen molar-refractivity contribution < 1.29 is 19.1 Å². The second kappa shape index (κ2) is 5.59. The molecule has 1 aromatic rings. The monoisotopic (exact) mass is 254 g/mol. The van der Waals surface area contributed by atoms with E-state index in [1.807, 2.05) is 0 Å². The molecule has 98 valence electrons. The summed E-state index contributed by atoms with van der Waals surface area (Å²) in [6, 6.07) is 3.07. The quantitative estimate of drug-likeness (QED) is 0.758. The molecule has 6 heteroatoms. The third-order valence-electron chi connectivity index (χ3n) is 2.67. The van der Waals surface area contributed by atoms with Gasteiger partial charge in [0.15, 0.2) is 0 Å². The van der Waals surface area contributed by atoms with Crippen LogP contribution in [0.5, 0.6) is 0 Å². The van der Waals surface area contributed by atoms with Gasteiger partial charge in [-0.15, -0.1) is 0 Å². The molecule has 0 aliphatic rings. The number of carbonyl (C=O) groups is 2. The molecule has 2 unspecified atom stereocenters. The maximum atomic E-state index is 13.4. The first-order chi connectivity index (χ1) is 8.32. The van der Waals surface area contributed by atoms with E-state index in [2.05, 4.69) is 5.32 Å². The molecule has 0 aliphatic carbocycles. The van der Waals surface area contributed by atoms with Crippen LogP contribution in [0.3, 0.4) is 0 Å². The zero-order valence-corrected chi connectivity index (χ0v) is 10.1. The highest BCUT2D eigenvalue weighted by molar-refractivity contribution is 5.94. The fourth-order valence-electron chi connectivity index (χ4n) is 1.26. The number of nitrogens with two attached hydrogens (primary N) is 1. The topological polar surface area (TPSA) is 92.4 Å². The number of hydrogen-bond acceptors (Lipinski definition) is 3. The Kier molecular flexibility index (Phi) is 4.38. The number of carbonyl (C=O) groups excluding carboxylic acids is 1. The van der Waals surface area contributed by atoms with Crippen molar-refractivity contribution in [3.63, 3.8) is 0 Å². The van der Waals surface area contributed by atoms with E-state index in [0.717, 1.165) is 12.1 Å². The Bertz CT molecular complexity index is 474. The molecule has 18 heavy (non-hydrogen) atoms. The van der Waals surface area contributed by atoms with Crippen LogP contribution in [0.1, 0.15) is 24.2 Å². The molecule has 5 nitrogen and oxygen atoms in total. The summed E-state index contributed by atoms with van der Waals surface area (Å²) in [4.78, 5) is 22.3. The summed E-state index contributed by atoms with van der Waals surface area (Å²) in [6.07, 6.45) is 0. The fraction of sp³-hybridized carbons (Fsp3) is 0.333. The smallest absolute Gasteiger partial charge is 0.338 e. The predicted octanol–water partition coefficient (Wildman–Crippen LogP) is 1.45. The van der Waals surface area contributed by atoms with E-state index in [-0.39, 0.29) is 17.6 Å². The van der Waals surface area contributed by atoms with Crippen LogP contribution >= 0.6 is 0 Å². The van der Waals surface area contributed by atoms with Gasteiger partial charge in [0.05, 0.1) is 11.5 Å². The van der Waals surface area contributed by atoms with Gasteiger partial charge in [0.1, 0.15) is 5.82 Å². The first kappa shape index (κ1) is 14.1. The summed E-state index contributed by atoms with van der Waals surface area (Å²) >= 11 is 0. The van der Waals surface area contributed by atoms with E-state index >= 15 is 0 Å². The van der Waals surface area contributed by atoms with Crippen LogP contribution in [-0.4, -0.2) is 23.0 Å². The average Bonchev–Trinajstić information content (AvgIpc) is 2.27. The molecule has 0 spiro atoms. The Hall–Kier alpha value is -1.95. The Labute approximate surface area is 104 Å². The van der Waals surface area contributed by atoms with E-state index in [1.165, 1.54) is 6.07 Å². The molecule has 2 atom stereocenters. The second-order valence-corrected chi connectivity index (χ2v) is 4.14. The van der Waals surface area contributed by atoms with Crippen LogP contribution in [0.2, 0.25) is 0 Å². The Morgan fingerprint density at radius 3 is 2.44 bits per heavy atom. The van der Waals surface area contributed by atoms with Crippen molar-refractivity contribution >= 4 is 17.6 Å². The number of benzene rings is 1. The molecule has 4 N–H and O–H groups in total. The number of carboxylic acid groups (broad SMARTS) is 1. The third-order valence-corrected chi connectivity index (χ3v) is 2.67. The summed E-state index contributed by atoms with van der Waals surface area (Å²) in [5, 5.41) is 11.1. The largest absolute Gasteiger partial charge is 0.478 e. The maximum Gasteiger partial charge on any atom is 0.338 e. The zero-order chi connectivity index (χ0) is 13.9. The molecule has 0 saturated carbocycles. The highest BCUT2D eigenvalue weighted by Crippen LogP contribution is 2.15. The first-order valence-electron chi connectivity index (χ1n) is 5.42. The lowest BCUT2D eigenvalue weighted by Gasteiger charge is -2.15. The Morgan fingerprint density at radius 2 is 2.00 bits per heavy atom. The third kappa shape index (κ3) is 3.27. The zero-order valence-electron chi connectivity index (χ0n) is 10.1. The molecule has 0 aliphatic heterocycles. The minimum absolute atomic E-state index is 0.204. The van der Waals surface area contributed by atoms with Gasteiger partial charge in [-0.25, -0.2) is 9.18 Å². The summed E-state index contributed by atoms with van der Waals surface area (Å²) in [6.45, 7) is 3.35. The van der Waals surface area contributed by atoms with E-state index in [1.54, 1.807) is 13.8 Å². The lowest BCUT2D eigenvalue weighted by molar-refractivity contribution is -0.119. The SMILES string of the molecule is CC(N)C(C)C(=O)Nc1ccc(C(=O)O)c(F)c1. The van der Waals surface area contributed by atoms with E-state index in [9.17, 15) is 14.0 Å². The van der Waals surface area contributed by atoms with Crippen molar-refractivity contribution in [2.45, 2.75) is 19.9 Å². The molecule has 0 aromatic heterocycles. The molecular formula is C12H15FN2O3. The average molecular weight is 254 g/mol. The lowest BCUT2D eigenvalue weighted by Crippen LogP contribution is -2.34. The van der Waals surface area contributed by atoms with Crippen LogP contribution in [-0.2, 0) is 4.79 Å². The predicted molar refractivity (Wildman–Crippen MR) is 64.8 cm³/mol. The second-order valence-electron chi connectivity index (χ2n) is 4.14. The van der Waals surface area contributed by atoms with Gasteiger partial charge in [0.25, 0.3) is 0 Å². The van der Waals surface area contributed by atoms with Crippen LogP contribution in [0, 0.1) is 11.7 Å². The van der Waals surface area contributed by atoms with Gasteiger partial charge >= 0.3 is 5.97 Å². The molecule has 0 radical (unpaired) electrons. The van der Waals surface area contributed by atoms with Crippen LogP contribution in [0.15, 0.2) is 18.2 Å². The van der Waals surface area contributed by atoms with Crippen molar-refractivity contribution in [3.05, 3.63) is 29.6 Å². The highest BCUT2D eigenvalue weighted by atomic mass is 19.1. The molecule has 0 fully saturated rings. The maximum absolute atomic E-state index is 13.4. The number of anilines is 1. The number of amides is 1. The molecule has 0 heterocycles. The van der Waals surface area contributed by atoms with Gasteiger partial charge in [-0.1, -0.05) is 6.92 Å². The van der Waals surface area contributed by atoms with Gasteiger partial charge in [-0.05, 0) is 25.1 Å². The number of nitrogens with one attached hydrogen (secondary N) is 1. The van der Waals surface area contributed by atoms with Gasteiger partial charge in [0.2, 0.25) is 5.91 Å². The van der Waals surface area contributed by atoms with Crippen molar-refractivity contribution in [3.8, 4) is 0 Å². The summed E-state index contributed by atoms with van der Waals surface area (Å²) in [5.41, 5.74) is 5.34. The van der Waals surface area contributed by atoms with E-state index in [0.29, 0.717) is 0 Å². The van der Waals surface area contributed by atoms with Crippen molar-refractivity contribution in [2.75, 3.05) is 5.32 Å². The van der Waals surface area contributed by atoms with Gasteiger partial charge in [-0.3, -0.25) is 4.79 Å². The van der Waals surface area contributed by atoms with Gasteiger partial charge in [0, 0.05) is 11.7 Å². The van der Waals surface area contributed by atoms with Crippen LogP contribution in [0.4, 0.5) is 10.1 Å². The minimum Gasteiger partial charge on any atom is -0.478 e. The lowest BCUT2D eigenvalue weighted by atomic mass is 10.0. The number of rotatable bonds is 4. The van der Waals surface area contributed by atoms with Crippen LogP contribution in [0.25, 0.3) is 0 Å². The Morgan fingerprint density at radius 1 is 1.39 bits per heavy atom. The highest BCUT2D eigenvalue weighted by Gasteiger charge is 2.18. The van der Waals surface area contributed by atoms with Crippen molar-refractivity contribution in [2.24, 2.45) is 11.7 Å². The molecule has 1 rings (SSSR count). The van der Waals surface area contributed by atoms with E-state index in [4.69, 9.17) is 10.8 Å². The van der Waals surface area contributed by atoms with Crippen molar-refractivity contribution in [1.82, 2.24) is 0 Å². The molecular weight excluding hydrogens is 239 g/mol. The molecule has 1 aromatic carbocycles. The minimum atomic E-state index is -1.35. The van der Waals surface area contributed by atoms with Gasteiger partial charge in [-0.2, -0.15) is 0 Å². The number of aromatic carboxylic acids is 1. The number of halogens is 1. The molecule has 1 amide bonds. The first-order valence-corrected chi connectivity index (χ1v) is 5.42. The summed E-state index contributed by atoms with van der Waals surface area (Å²) in [7, 11) is 0. The fourth-order valence-corrected chi connectivity index (χ4v) is 1.26. The molecule has 0 bridgehead atoms. The van der Waals surface area contributed by atoms with Crippen molar-refractivity contribution in [1.29, 1.82) is 0 Å². The number of hydrogen-bond donors (Lipinski definition) is 3. The van der Waals surface area contributed by atoms with E-state index < -0.39 is 23.3 Å². The standard InChI is InChI=1S/C12H15FN2O3/c1-6(7(2)14)11(16)15-8-3-4-9(12(17)18)10(13)5-8/h3-7H,14H2,1-2H3,(H,15,16)(H,17,18). The Balaban J connectivity index is 2.84. The summed E-state index contributed by atoms with van der Waals surface area (Å²) in [5.74, 6) is -3.01. The normalized spacial score (nSPS) is 13.8. The summed E-state index contributed by atoms with van der Waals surface area (Å²) < 4.78 is 13.4. The van der Waals surface area contributed by atoms with Gasteiger partial charge < -0.3 is 16.2 Å².